The number of ether oxygens (including phenoxy) is 1. The van der Waals surface area contributed by atoms with Gasteiger partial charge in [-0.2, -0.15) is 4.68 Å². The van der Waals surface area contributed by atoms with Crippen molar-refractivity contribution in [3.05, 3.63) is 60.2 Å². The number of aliphatic hydroxyl groups is 1. The molecule has 0 aliphatic carbocycles. The SMILES string of the molecule is CC(O)CNCCNCc1cccc(Oc2nnnn2-c2ccccc2)c1.Cl.Cl. The lowest BCUT2D eigenvalue weighted by atomic mass is 10.2. The van der Waals surface area contributed by atoms with Crippen LogP contribution in [0.25, 0.3) is 5.69 Å². The van der Waals surface area contributed by atoms with E-state index < -0.39 is 0 Å². The van der Waals surface area contributed by atoms with Gasteiger partial charge in [0.05, 0.1) is 11.8 Å². The maximum Gasteiger partial charge on any atom is 0.345 e. The van der Waals surface area contributed by atoms with Gasteiger partial charge < -0.3 is 20.5 Å². The van der Waals surface area contributed by atoms with Crippen LogP contribution in [0.15, 0.2) is 54.6 Å². The number of benzene rings is 2. The molecule has 3 rings (SSSR count). The molecule has 158 valence electrons. The van der Waals surface area contributed by atoms with Crippen LogP contribution in [-0.4, -0.2) is 51.1 Å². The fourth-order valence-corrected chi connectivity index (χ4v) is 2.52. The molecule has 8 nitrogen and oxygen atoms in total. The third-order valence-electron chi connectivity index (χ3n) is 3.80. The molecule has 0 fully saturated rings. The molecule has 29 heavy (non-hydrogen) atoms. The van der Waals surface area contributed by atoms with Crippen LogP contribution in [0.5, 0.6) is 11.8 Å². The summed E-state index contributed by atoms with van der Waals surface area (Å²) in [7, 11) is 0. The van der Waals surface area contributed by atoms with Crippen molar-refractivity contribution in [1.82, 2.24) is 30.8 Å². The molecule has 0 saturated heterocycles. The quantitative estimate of drug-likeness (QED) is 0.416. The topological polar surface area (TPSA) is 97.1 Å². The molecule has 1 heterocycles. The number of hydrogen-bond acceptors (Lipinski definition) is 7. The Balaban J connectivity index is 0.00000210. The van der Waals surface area contributed by atoms with Gasteiger partial charge in [0.2, 0.25) is 0 Å². The summed E-state index contributed by atoms with van der Waals surface area (Å²) in [6, 6.07) is 17.7. The first-order chi connectivity index (χ1) is 13.2. The van der Waals surface area contributed by atoms with E-state index in [1.54, 1.807) is 11.6 Å². The Morgan fingerprint density at radius 1 is 1.03 bits per heavy atom. The summed E-state index contributed by atoms with van der Waals surface area (Å²) >= 11 is 0. The molecular formula is C19H26Cl2N6O2. The summed E-state index contributed by atoms with van der Waals surface area (Å²) in [4.78, 5) is 0. The second-order valence-corrected chi connectivity index (χ2v) is 6.19. The number of nitrogens with zero attached hydrogens (tertiary/aromatic N) is 4. The smallest absolute Gasteiger partial charge is 0.345 e. The van der Waals surface area contributed by atoms with E-state index in [1.165, 1.54) is 0 Å². The molecule has 0 radical (unpaired) electrons. The van der Waals surface area contributed by atoms with E-state index in [1.807, 2.05) is 54.6 Å². The molecule has 2 aromatic carbocycles. The van der Waals surface area contributed by atoms with Crippen molar-refractivity contribution >= 4 is 24.8 Å². The van der Waals surface area contributed by atoms with E-state index in [0.29, 0.717) is 18.3 Å². The molecule has 1 atom stereocenters. The molecule has 0 saturated carbocycles. The predicted molar refractivity (Wildman–Crippen MR) is 116 cm³/mol. The fraction of sp³-hybridized carbons (Fsp3) is 0.316. The van der Waals surface area contributed by atoms with Crippen LogP contribution in [0.3, 0.4) is 0 Å². The van der Waals surface area contributed by atoms with Crippen molar-refractivity contribution in [1.29, 1.82) is 0 Å². The number of para-hydroxylation sites is 1. The van der Waals surface area contributed by atoms with Gasteiger partial charge in [0.1, 0.15) is 5.75 Å². The van der Waals surface area contributed by atoms with E-state index >= 15 is 0 Å². The number of hydrogen-bond donors (Lipinski definition) is 3. The third kappa shape index (κ3) is 7.96. The van der Waals surface area contributed by atoms with Crippen molar-refractivity contribution in [2.45, 2.75) is 19.6 Å². The molecule has 10 heteroatoms. The number of nitrogens with one attached hydrogen (secondary N) is 2. The highest BCUT2D eigenvalue weighted by Crippen LogP contribution is 2.21. The average Bonchev–Trinajstić information content (AvgIpc) is 3.13. The first kappa shape index (κ1) is 24.8. The standard InChI is InChI=1S/C19H24N6O2.2ClH/c1-15(26)13-20-10-11-21-14-16-6-5-9-18(12-16)27-19-22-23-24-25(19)17-7-3-2-4-8-17;;/h2-9,12,15,20-21,26H,10-11,13-14H2,1H3;2*1H. The van der Waals surface area contributed by atoms with Gasteiger partial charge in [-0.25, -0.2) is 0 Å². The lowest BCUT2D eigenvalue weighted by molar-refractivity contribution is 0.191. The summed E-state index contributed by atoms with van der Waals surface area (Å²) in [5.41, 5.74) is 1.93. The monoisotopic (exact) mass is 440 g/mol. The number of rotatable bonds is 10. The highest BCUT2D eigenvalue weighted by atomic mass is 35.5. The van der Waals surface area contributed by atoms with Gasteiger partial charge in [-0.15, -0.1) is 24.8 Å². The second-order valence-electron chi connectivity index (χ2n) is 6.19. The number of aliphatic hydroxyl groups excluding tert-OH is 1. The van der Waals surface area contributed by atoms with Crippen LogP contribution in [0.2, 0.25) is 0 Å². The zero-order valence-corrected chi connectivity index (χ0v) is 17.7. The van der Waals surface area contributed by atoms with Gasteiger partial charge in [-0.3, -0.25) is 0 Å². The van der Waals surface area contributed by atoms with Gasteiger partial charge in [0.25, 0.3) is 0 Å². The summed E-state index contributed by atoms with van der Waals surface area (Å²) < 4.78 is 7.43. The highest BCUT2D eigenvalue weighted by molar-refractivity contribution is 5.85. The maximum atomic E-state index is 9.20. The fourth-order valence-electron chi connectivity index (χ4n) is 2.52. The van der Waals surface area contributed by atoms with Crippen LogP contribution in [0.1, 0.15) is 12.5 Å². The first-order valence-electron chi connectivity index (χ1n) is 8.92. The third-order valence-corrected chi connectivity index (χ3v) is 3.80. The van der Waals surface area contributed by atoms with Crippen LogP contribution < -0.4 is 15.4 Å². The van der Waals surface area contributed by atoms with Gasteiger partial charge in [0.15, 0.2) is 0 Å². The van der Waals surface area contributed by atoms with Gasteiger partial charge in [-0.1, -0.05) is 35.4 Å². The Morgan fingerprint density at radius 3 is 2.55 bits per heavy atom. The molecule has 0 aliphatic heterocycles. The average molecular weight is 441 g/mol. The Labute approximate surface area is 182 Å². The summed E-state index contributed by atoms with van der Waals surface area (Å²) in [6.07, 6.45) is -0.328. The molecule has 3 aromatic rings. The molecule has 0 aliphatic rings. The summed E-state index contributed by atoms with van der Waals surface area (Å²) in [5.74, 6) is 0.675. The Hall–Kier alpha value is -2.23. The normalized spacial score (nSPS) is 11.2. The van der Waals surface area contributed by atoms with E-state index in [9.17, 15) is 5.11 Å². The van der Waals surface area contributed by atoms with Crippen LogP contribution in [0.4, 0.5) is 0 Å². The minimum atomic E-state index is -0.328. The van der Waals surface area contributed by atoms with Gasteiger partial charge >= 0.3 is 6.01 Å². The molecule has 1 aromatic heterocycles. The second kappa shape index (κ2) is 13.1. The van der Waals surface area contributed by atoms with E-state index in [2.05, 4.69) is 26.2 Å². The minimum absolute atomic E-state index is 0. The van der Waals surface area contributed by atoms with E-state index in [-0.39, 0.29) is 30.9 Å². The minimum Gasteiger partial charge on any atom is -0.423 e. The highest BCUT2D eigenvalue weighted by Gasteiger charge is 2.10. The molecule has 1 unspecified atom stereocenters. The Morgan fingerprint density at radius 2 is 1.79 bits per heavy atom. The molecule has 0 amide bonds. The molecule has 3 N–H and O–H groups in total. The number of aromatic nitrogens is 4. The van der Waals surface area contributed by atoms with Crippen LogP contribution in [0, 0.1) is 0 Å². The van der Waals surface area contributed by atoms with Gasteiger partial charge in [0, 0.05) is 26.2 Å². The zero-order valence-electron chi connectivity index (χ0n) is 16.1. The van der Waals surface area contributed by atoms with Crippen molar-refractivity contribution in [3.63, 3.8) is 0 Å². The Bertz CT molecular complexity index is 832. The van der Waals surface area contributed by atoms with Crippen molar-refractivity contribution in [2.75, 3.05) is 19.6 Å². The number of halogens is 2. The van der Waals surface area contributed by atoms with E-state index in [0.717, 1.165) is 30.9 Å². The largest absolute Gasteiger partial charge is 0.423 e. The van der Waals surface area contributed by atoms with Crippen molar-refractivity contribution in [2.24, 2.45) is 0 Å². The van der Waals surface area contributed by atoms with Crippen molar-refractivity contribution in [3.8, 4) is 17.4 Å². The van der Waals surface area contributed by atoms with Crippen molar-refractivity contribution < 1.29 is 9.84 Å². The molecule has 0 spiro atoms. The van der Waals surface area contributed by atoms with Gasteiger partial charge in [-0.05, 0) is 47.2 Å². The lowest BCUT2D eigenvalue weighted by Crippen LogP contribution is -2.31. The van der Waals surface area contributed by atoms with E-state index in [4.69, 9.17) is 4.74 Å². The zero-order chi connectivity index (χ0) is 18.9. The summed E-state index contributed by atoms with van der Waals surface area (Å²) in [6.45, 7) is 4.69. The Kier molecular flexibility index (Phi) is 11.2. The number of tetrazole rings is 1. The van der Waals surface area contributed by atoms with Crippen LogP contribution in [-0.2, 0) is 6.54 Å². The first-order valence-corrected chi connectivity index (χ1v) is 8.92. The summed E-state index contributed by atoms with van der Waals surface area (Å²) in [5, 5.41) is 27.4. The maximum absolute atomic E-state index is 9.20. The lowest BCUT2D eigenvalue weighted by Gasteiger charge is -2.10. The predicted octanol–water partition coefficient (Wildman–Crippen LogP) is 2.36. The molecular weight excluding hydrogens is 415 g/mol. The van der Waals surface area contributed by atoms with Crippen LogP contribution >= 0.6 is 24.8 Å². The molecule has 0 bridgehead atoms.